The predicted octanol–water partition coefficient (Wildman–Crippen LogP) is -0.774. The molecular formula is C9H19NO4. The molecular weight excluding hydrogens is 186 g/mol. The SMILES string of the molecule is CCC(=O)N(CCO)CCOCCO. The maximum absolute atomic E-state index is 11.3. The van der Waals surface area contributed by atoms with Gasteiger partial charge in [-0.3, -0.25) is 4.79 Å². The minimum absolute atomic E-state index is 0.00616. The fourth-order valence-corrected chi connectivity index (χ4v) is 1.05. The van der Waals surface area contributed by atoms with Crippen LogP contribution in [0.3, 0.4) is 0 Å². The summed E-state index contributed by atoms with van der Waals surface area (Å²) >= 11 is 0. The summed E-state index contributed by atoms with van der Waals surface area (Å²) in [4.78, 5) is 12.8. The van der Waals surface area contributed by atoms with E-state index >= 15 is 0 Å². The Hall–Kier alpha value is -0.650. The zero-order chi connectivity index (χ0) is 10.8. The van der Waals surface area contributed by atoms with Crippen LogP contribution < -0.4 is 0 Å². The lowest BCUT2D eigenvalue weighted by molar-refractivity contribution is -0.132. The molecule has 0 bridgehead atoms. The molecule has 0 aliphatic rings. The van der Waals surface area contributed by atoms with Crippen molar-refractivity contribution < 1.29 is 19.7 Å². The lowest BCUT2D eigenvalue weighted by atomic mass is 10.4. The van der Waals surface area contributed by atoms with Crippen LogP contribution in [0.25, 0.3) is 0 Å². The number of ether oxygens (including phenoxy) is 1. The van der Waals surface area contributed by atoms with Crippen LogP contribution in [0.2, 0.25) is 0 Å². The van der Waals surface area contributed by atoms with Crippen molar-refractivity contribution in [1.82, 2.24) is 4.90 Å². The summed E-state index contributed by atoms with van der Waals surface area (Å²) in [5.41, 5.74) is 0. The maximum atomic E-state index is 11.3. The van der Waals surface area contributed by atoms with Crippen molar-refractivity contribution in [2.45, 2.75) is 13.3 Å². The highest BCUT2D eigenvalue weighted by atomic mass is 16.5. The Morgan fingerprint density at radius 1 is 1.21 bits per heavy atom. The lowest BCUT2D eigenvalue weighted by Gasteiger charge is -2.20. The van der Waals surface area contributed by atoms with E-state index in [9.17, 15) is 4.79 Å². The maximum Gasteiger partial charge on any atom is 0.222 e. The van der Waals surface area contributed by atoms with E-state index in [1.165, 1.54) is 0 Å². The van der Waals surface area contributed by atoms with Crippen molar-refractivity contribution in [3.8, 4) is 0 Å². The van der Waals surface area contributed by atoms with E-state index in [4.69, 9.17) is 14.9 Å². The molecule has 0 aromatic rings. The molecule has 0 aromatic carbocycles. The van der Waals surface area contributed by atoms with E-state index in [1.54, 1.807) is 11.8 Å². The van der Waals surface area contributed by atoms with Crippen LogP contribution in [0.4, 0.5) is 0 Å². The molecule has 0 aliphatic carbocycles. The average Bonchev–Trinajstić information content (AvgIpc) is 2.21. The molecule has 0 aromatic heterocycles. The van der Waals surface area contributed by atoms with Crippen molar-refractivity contribution >= 4 is 5.91 Å². The third-order valence-electron chi connectivity index (χ3n) is 1.77. The van der Waals surface area contributed by atoms with Gasteiger partial charge in [0, 0.05) is 19.5 Å². The Kier molecular flexibility index (Phi) is 8.51. The Morgan fingerprint density at radius 2 is 1.93 bits per heavy atom. The van der Waals surface area contributed by atoms with E-state index in [1.807, 2.05) is 0 Å². The molecule has 2 N–H and O–H groups in total. The van der Waals surface area contributed by atoms with Crippen molar-refractivity contribution in [1.29, 1.82) is 0 Å². The van der Waals surface area contributed by atoms with E-state index in [0.717, 1.165) is 0 Å². The average molecular weight is 205 g/mol. The molecule has 0 aliphatic heterocycles. The van der Waals surface area contributed by atoms with E-state index in [0.29, 0.717) is 26.1 Å². The Morgan fingerprint density at radius 3 is 2.43 bits per heavy atom. The molecule has 0 saturated carbocycles. The van der Waals surface area contributed by atoms with Crippen molar-refractivity contribution in [2.24, 2.45) is 0 Å². The van der Waals surface area contributed by atoms with Crippen LogP contribution in [0.15, 0.2) is 0 Å². The number of rotatable bonds is 8. The zero-order valence-electron chi connectivity index (χ0n) is 8.61. The Labute approximate surface area is 84.3 Å². The highest BCUT2D eigenvalue weighted by molar-refractivity contribution is 5.75. The van der Waals surface area contributed by atoms with E-state index in [2.05, 4.69) is 0 Å². The minimum Gasteiger partial charge on any atom is -0.395 e. The van der Waals surface area contributed by atoms with Gasteiger partial charge in [0.1, 0.15) is 0 Å². The number of aliphatic hydroxyl groups is 2. The largest absolute Gasteiger partial charge is 0.395 e. The van der Waals surface area contributed by atoms with Crippen molar-refractivity contribution in [2.75, 3.05) is 39.5 Å². The molecule has 1 amide bonds. The third kappa shape index (κ3) is 5.90. The fraction of sp³-hybridized carbons (Fsp3) is 0.889. The summed E-state index contributed by atoms with van der Waals surface area (Å²) < 4.78 is 5.03. The van der Waals surface area contributed by atoms with Gasteiger partial charge in [-0.2, -0.15) is 0 Å². The summed E-state index contributed by atoms with van der Waals surface area (Å²) in [5, 5.41) is 17.2. The van der Waals surface area contributed by atoms with Gasteiger partial charge in [0.2, 0.25) is 5.91 Å². The van der Waals surface area contributed by atoms with Gasteiger partial charge in [0.15, 0.2) is 0 Å². The van der Waals surface area contributed by atoms with Gasteiger partial charge < -0.3 is 19.8 Å². The number of hydrogen-bond acceptors (Lipinski definition) is 4. The molecule has 0 atom stereocenters. The first-order valence-electron chi connectivity index (χ1n) is 4.83. The van der Waals surface area contributed by atoms with Crippen molar-refractivity contribution in [3.05, 3.63) is 0 Å². The molecule has 5 heteroatoms. The second kappa shape index (κ2) is 8.93. The molecule has 0 saturated heterocycles. The molecule has 84 valence electrons. The smallest absolute Gasteiger partial charge is 0.222 e. The van der Waals surface area contributed by atoms with Gasteiger partial charge in [-0.25, -0.2) is 0 Å². The number of nitrogens with zero attached hydrogens (tertiary/aromatic N) is 1. The summed E-state index contributed by atoms with van der Waals surface area (Å²) in [6, 6.07) is 0. The summed E-state index contributed by atoms with van der Waals surface area (Å²) in [6.07, 6.45) is 0.431. The van der Waals surface area contributed by atoms with Crippen LogP contribution in [0.1, 0.15) is 13.3 Å². The summed E-state index contributed by atoms with van der Waals surface area (Å²) in [5.74, 6) is 0.00616. The Balaban J connectivity index is 3.67. The van der Waals surface area contributed by atoms with Crippen molar-refractivity contribution in [3.63, 3.8) is 0 Å². The first-order chi connectivity index (χ1) is 6.76. The van der Waals surface area contributed by atoms with Gasteiger partial charge in [-0.1, -0.05) is 6.92 Å². The van der Waals surface area contributed by atoms with Crippen LogP contribution in [-0.4, -0.2) is 60.5 Å². The lowest BCUT2D eigenvalue weighted by Crippen LogP contribution is -2.35. The highest BCUT2D eigenvalue weighted by Crippen LogP contribution is 1.93. The zero-order valence-corrected chi connectivity index (χ0v) is 8.61. The van der Waals surface area contributed by atoms with Gasteiger partial charge >= 0.3 is 0 Å². The topological polar surface area (TPSA) is 70.0 Å². The molecule has 0 fully saturated rings. The van der Waals surface area contributed by atoms with E-state index < -0.39 is 0 Å². The monoisotopic (exact) mass is 205 g/mol. The van der Waals surface area contributed by atoms with Gasteiger partial charge in [0.25, 0.3) is 0 Å². The third-order valence-corrected chi connectivity index (χ3v) is 1.77. The molecule has 0 radical (unpaired) electrons. The molecule has 5 nitrogen and oxygen atoms in total. The molecule has 0 spiro atoms. The molecule has 0 unspecified atom stereocenters. The molecule has 0 rings (SSSR count). The summed E-state index contributed by atoms with van der Waals surface area (Å²) in [7, 11) is 0. The standard InChI is InChI=1S/C9H19NO4/c1-2-9(13)10(3-5-11)4-7-14-8-6-12/h11-12H,2-8H2,1H3. The van der Waals surface area contributed by atoms with Crippen LogP contribution in [0, 0.1) is 0 Å². The van der Waals surface area contributed by atoms with Crippen LogP contribution in [-0.2, 0) is 9.53 Å². The minimum atomic E-state index is -0.0360. The molecule has 0 heterocycles. The predicted molar refractivity (Wildman–Crippen MR) is 51.9 cm³/mol. The fourth-order valence-electron chi connectivity index (χ4n) is 1.05. The second-order valence-electron chi connectivity index (χ2n) is 2.79. The number of hydrogen-bond donors (Lipinski definition) is 2. The summed E-state index contributed by atoms with van der Waals surface area (Å²) in [6.45, 7) is 3.22. The van der Waals surface area contributed by atoms with Crippen LogP contribution >= 0.6 is 0 Å². The Bertz CT molecular complexity index is 152. The normalized spacial score (nSPS) is 10.2. The number of carbonyl (C=O) groups is 1. The van der Waals surface area contributed by atoms with Crippen LogP contribution in [0.5, 0.6) is 0 Å². The van der Waals surface area contributed by atoms with Gasteiger partial charge in [-0.05, 0) is 0 Å². The van der Waals surface area contributed by atoms with Gasteiger partial charge in [0.05, 0.1) is 26.4 Å². The number of amides is 1. The first-order valence-corrected chi connectivity index (χ1v) is 4.83. The highest BCUT2D eigenvalue weighted by Gasteiger charge is 2.09. The quantitative estimate of drug-likeness (QED) is 0.510. The second-order valence-corrected chi connectivity index (χ2v) is 2.79. The number of aliphatic hydroxyl groups excluding tert-OH is 2. The molecule has 14 heavy (non-hydrogen) atoms. The number of carbonyl (C=O) groups excluding carboxylic acids is 1. The van der Waals surface area contributed by atoms with E-state index in [-0.39, 0.29) is 25.7 Å². The van der Waals surface area contributed by atoms with Gasteiger partial charge in [-0.15, -0.1) is 0 Å². The first kappa shape index (κ1) is 13.4.